The van der Waals surface area contributed by atoms with E-state index >= 15 is 0 Å². The molecule has 0 fully saturated rings. The highest BCUT2D eigenvalue weighted by molar-refractivity contribution is 7.96. The average molecular weight is 188 g/mol. The van der Waals surface area contributed by atoms with Crippen molar-refractivity contribution in [2.24, 2.45) is 0 Å². The van der Waals surface area contributed by atoms with Gasteiger partial charge in [0.25, 0.3) is 0 Å². The van der Waals surface area contributed by atoms with Crippen LogP contribution in [0, 0.1) is 0 Å². The van der Waals surface area contributed by atoms with E-state index in [1.54, 1.807) is 4.90 Å². The minimum atomic E-state index is -0.197. The molecule has 0 rings (SSSR count). The molecule has 0 heterocycles. The molecule has 0 aliphatic rings. The van der Waals surface area contributed by atoms with E-state index in [0.717, 1.165) is 38.8 Å². The fourth-order valence-corrected chi connectivity index (χ4v) is 1.17. The summed E-state index contributed by atoms with van der Waals surface area (Å²) in [6.45, 7) is 5.90. The second-order valence-corrected chi connectivity index (χ2v) is 3.31. The molecule has 0 N–H and O–H groups in total. The molecule has 0 spiro atoms. The van der Waals surface area contributed by atoms with E-state index in [4.69, 9.17) is 0 Å². The highest BCUT2D eigenvalue weighted by Crippen LogP contribution is 2.02. The van der Waals surface area contributed by atoms with Crippen LogP contribution in [-0.2, 0) is 0 Å². The van der Waals surface area contributed by atoms with Gasteiger partial charge in [0.2, 0.25) is 0 Å². The number of carbonyl (C=O) groups is 1. The molecule has 2 nitrogen and oxygen atoms in total. The van der Waals surface area contributed by atoms with Crippen LogP contribution in [0.2, 0.25) is 0 Å². The van der Waals surface area contributed by atoms with Gasteiger partial charge in [-0.1, -0.05) is 26.7 Å². The number of carbonyl (C=O) groups excluding carboxylic acids is 1. The highest BCUT2D eigenvalue weighted by Gasteiger charge is 2.07. The largest absolute Gasteiger partial charge is 0.330 e. The topological polar surface area (TPSA) is 20.3 Å². The monoisotopic (exact) mass is 188 g/mol. The molecule has 0 saturated carbocycles. The molecule has 12 heavy (non-hydrogen) atoms. The molecule has 0 aliphatic carbocycles. The van der Waals surface area contributed by atoms with Gasteiger partial charge in [-0.2, -0.15) is 0 Å². The predicted octanol–water partition coefficient (Wildman–Crippen LogP) is 3.21. The molecule has 71 valence electrons. The lowest BCUT2D eigenvalue weighted by Gasteiger charge is -2.18. The SMILES string of the molecule is CCCCN(CCCC)C(=O)[S]. The van der Waals surface area contributed by atoms with E-state index in [9.17, 15) is 4.79 Å². The number of unbranched alkanes of at least 4 members (excludes halogenated alkanes) is 2. The zero-order chi connectivity index (χ0) is 9.40. The van der Waals surface area contributed by atoms with Crippen LogP contribution < -0.4 is 0 Å². The Balaban J connectivity index is 3.62. The van der Waals surface area contributed by atoms with Crippen molar-refractivity contribution in [1.29, 1.82) is 0 Å². The van der Waals surface area contributed by atoms with Crippen molar-refractivity contribution in [3.8, 4) is 0 Å². The standard InChI is InChI=1S/C9H18NOS/c1-3-5-7-10(9(11)12)8-6-4-2/h3-8H2,1-2H3. The average Bonchev–Trinajstić information content (AvgIpc) is 2.04. The molecular weight excluding hydrogens is 170 g/mol. The summed E-state index contributed by atoms with van der Waals surface area (Å²) in [4.78, 5) is 12.7. The molecular formula is C9H18NOS. The van der Waals surface area contributed by atoms with Crippen LogP contribution in [0.3, 0.4) is 0 Å². The van der Waals surface area contributed by atoms with Gasteiger partial charge < -0.3 is 4.90 Å². The first-order chi connectivity index (χ1) is 5.72. The maximum absolute atomic E-state index is 10.9. The van der Waals surface area contributed by atoms with Gasteiger partial charge in [-0.15, -0.1) is 0 Å². The molecule has 0 bridgehead atoms. The van der Waals surface area contributed by atoms with E-state index in [1.165, 1.54) is 0 Å². The van der Waals surface area contributed by atoms with Gasteiger partial charge in [-0.25, -0.2) is 0 Å². The van der Waals surface area contributed by atoms with Crippen molar-refractivity contribution in [3.05, 3.63) is 0 Å². The van der Waals surface area contributed by atoms with Crippen molar-refractivity contribution in [2.75, 3.05) is 13.1 Å². The minimum Gasteiger partial charge on any atom is -0.330 e. The smallest absolute Gasteiger partial charge is 0.313 e. The second-order valence-electron chi connectivity index (χ2n) is 2.96. The first-order valence-corrected chi connectivity index (χ1v) is 5.09. The summed E-state index contributed by atoms with van der Waals surface area (Å²) < 4.78 is 0. The summed E-state index contributed by atoms with van der Waals surface area (Å²) in [5.74, 6) is 0. The van der Waals surface area contributed by atoms with Crippen molar-refractivity contribution in [1.82, 2.24) is 4.90 Å². The number of hydrogen-bond donors (Lipinski definition) is 0. The Labute approximate surface area is 80.7 Å². The van der Waals surface area contributed by atoms with Crippen LogP contribution in [0.25, 0.3) is 0 Å². The van der Waals surface area contributed by atoms with Crippen LogP contribution in [0.4, 0.5) is 4.79 Å². The number of hydrogen-bond acceptors (Lipinski definition) is 1. The van der Waals surface area contributed by atoms with Gasteiger partial charge in [-0.05, 0) is 25.5 Å². The molecule has 0 aromatic rings. The predicted molar refractivity (Wildman–Crippen MR) is 54.4 cm³/mol. The fraction of sp³-hybridized carbons (Fsp3) is 0.889. The Bertz CT molecular complexity index is 120. The molecule has 0 aromatic carbocycles. The van der Waals surface area contributed by atoms with Crippen LogP contribution in [-0.4, -0.2) is 23.2 Å². The molecule has 1 radical (unpaired) electrons. The molecule has 0 saturated heterocycles. The molecule has 0 unspecified atom stereocenters. The van der Waals surface area contributed by atoms with Crippen LogP contribution in [0.1, 0.15) is 39.5 Å². The highest BCUT2D eigenvalue weighted by atomic mass is 32.1. The second kappa shape index (κ2) is 7.35. The molecule has 3 heteroatoms. The van der Waals surface area contributed by atoms with Crippen LogP contribution in [0.15, 0.2) is 0 Å². The van der Waals surface area contributed by atoms with Gasteiger partial charge in [-0.3, -0.25) is 4.79 Å². The third-order valence-electron chi connectivity index (χ3n) is 1.82. The lowest BCUT2D eigenvalue weighted by molar-refractivity contribution is 0.221. The summed E-state index contributed by atoms with van der Waals surface area (Å²) in [5.41, 5.74) is 0. The maximum atomic E-state index is 10.9. The Hall–Kier alpha value is -0.310. The van der Waals surface area contributed by atoms with Gasteiger partial charge in [0, 0.05) is 13.1 Å². The van der Waals surface area contributed by atoms with Gasteiger partial charge in [0.1, 0.15) is 0 Å². The van der Waals surface area contributed by atoms with E-state index < -0.39 is 0 Å². The normalized spacial score (nSPS) is 9.83. The molecule has 0 atom stereocenters. The van der Waals surface area contributed by atoms with Crippen LogP contribution in [0.5, 0.6) is 0 Å². The Morgan fingerprint density at radius 3 is 1.83 bits per heavy atom. The summed E-state index contributed by atoms with van der Waals surface area (Å²) in [7, 11) is 0. The Kier molecular flexibility index (Phi) is 7.16. The third-order valence-corrected chi connectivity index (χ3v) is 2.08. The van der Waals surface area contributed by atoms with Crippen molar-refractivity contribution in [2.45, 2.75) is 39.5 Å². The van der Waals surface area contributed by atoms with Crippen molar-refractivity contribution < 1.29 is 4.79 Å². The summed E-state index contributed by atoms with van der Waals surface area (Å²) >= 11 is 4.61. The molecule has 0 aliphatic heterocycles. The summed E-state index contributed by atoms with van der Waals surface area (Å²) in [5, 5.41) is -0.197. The Morgan fingerprint density at radius 1 is 1.17 bits per heavy atom. The van der Waals surface area contributed by atoms with Gasteiger partial charge >= 0.3 is 5.24 Å². The van der Waals surface area contributed by atoms with E-state index in [-0.39, 0.29) is 5.24 Å². The van der Waals surface area contributed by atoms with Crippen molar-refractivity contribution in [3.63, 3.8) is 0 Å². The Morgan fingerprint density at radius 2 is 1.58 bits per heavy atom. The van der Waals surface area contributed by atoms with Gasteiger partial charge in [0.05, 0.1) is 0 Å². The third kappa shape index (κ3) is 5.35. The number of rotatable bonds is 6. The maximum Gasteiger partial charge on any atom is 0.313 e. The zero-order valence-electron chi connectivity index (χ0n) is 8.01. The fourth-order valence-electron chi connectivity index (χ4n) is 0.992. The van der Waals surface area contributed by atoms with E-state index in [0.29, 0.717) is 0 Å². The lowest BCUT2D eigenvalue weighted by atomic mass is 10.3. The lowest BCUT2D eigenvalue weighted by Crippen LogP contribution is -2.28. The summed E-state index contributed by atoms with van der Waals surface area (Å²) in [6, 6.07) is 0. The number of nitrogens with zero attached hydrogens (tertiary/aromatic N) is 1. The quantitative estimate of drug-likeness (QED) is 0.627. The van der Waals surface area contributed by atoms with Gasteiger partial charge in [0.15, 0.2) is 0 Å². The molecule has 1 amide bonds. The first-order valence-electron chi connectivity index (χ1n) is 4.68. The molecule has 0 aromatic heterocycles. The number of amides is 1. The zero-order valence-corrected chi connectivity index (χ0v) is 8.82. The van der Waals surface area contributed by atoms with E-state index in [1.807, 2.05) is 0 Å². The summed E-state index contributed by atoms with van der Waals surface area (Å²) in [6.07, 6.45) is 4.36. The minimum absolute atomic E-state index is 0.197. The van der Waals surface area contributed by atoms with Crippen LogP contribution >= 0.6 is 12.6 Å². The van der Waals surface area contributed by atoms with E-state index in [2.05, 4.69) is 26.5 Å². The van der Waals surface area contributed by atoms with Crippen molar-refractivity contribution >= 4 is 17.9 Å². The first kappa shape index (κ1) is 11.7.